The van der Waals surface area contributed by atoms with E-state index >= 15 is 0 Å². The second kappa shape index (κ2) is 19.4. The fourth-order valence-corrected chi connectivity index (χ4v) is 13.4. The first-order chi connectivity index (χ1) is 32.5. The third kappa shape index (κ3) is 8.63. The predicted octanol–water partition coefficient (Wildman–Crippen LogP) is -5.11. The van der Waals surface area contributed by atoms with Gasteiger partial charge in [0.05, 0.1) is 40.2 Å². The molecule has 0 radical (unpaired) electrons. The summed E-state index contributed by atoms with van der Waals surface area (Å²) in [6, 6.07) is 0. The van der Waals surface area contributed by atoms with Crippen LogP contribution < -0.4 is 0 Å². The molecule has 23 nitrogen and oxygen atoms in total. The summed E-state index contributed by atoms with van der Waals surface area (Å²) >= 11 is 0. The average molecular weight is 970 g/mol. The fraction of sp³-hybridized carbons (Fsp3) is 0.932. The van der Waals surface area contributed by atoms with Crippen LogP contribution in [0.3, 0.4) is 0 Å². The van der Waals surface area contributed by atoms with Crippen LogP contribution in [0.4, 0.5) is 0 Å². The van der Waals surface area contributed by atoms with E-state index in [1.165, 1.54) is 0 Å². The number of carbonyl (C=O) groups excluding carboxylic acids is 1. The minimum absolute atomic E-state index is 0.125. The maximum atomic E-state index is 14.3. The van der Waals surface area contributed by atoms with Crippen molar-refractivity contribution in [3.8, 4) is 0 Å². The Hall–Kier alpha value is -1.63. The van der Waals surface area contributed by atoms with Gasteiger partial charge in [0.1, 0.15) is 97.7 Å². The number of hydrogen-bond acceptors (Lipinski definition) is 23. The van der Waals surface area contributed by atoms with Crippen molar-refractivity contribution in [1.82, 2.24) is 0 Å². The summed E-state index contributed by atoms with van der Waals surface area (Å²) in [7, 11) is 0. The van der Waals surface area contributed by atoms with Crippen molar-refractivity contribution in [1.29, 1.82) is 0 Å². The molecule has 14 N–H and O–H groups in total. The lowest BCUT2D eigenvalue weighted by Gasteiger charge is -2.64. The van der Waals surface area contributed by atoms with Crippen LogP contribution in [0.15, 0.2) is 12.1 Å². The molecule has 4 saturated carbocycles. The monoisotopic (exact) mass is 969 g/mol. The molecule has 0 aromatic carbocycles. The molecule has 4 heterocycles. The molecule has 26 atom stereocenters. The molecule has 4 aliphatic carbocycles. The molecule has 8 rings (SSSR count). The molecule has 67 heavy (non-hydrogen) atoms. The van der Waals surface area contributed by atoms with Gasteiger partial charge in [0.25, 0.3) is 0 Å². The van der Waals surface area contributed by atoms with E-state index in [0.29, 0.717) is 44.1 Å². The Morgan fingerprint density at radius 3 is 1.61 bits per heavy atom. The molecule has 0 aromatic heterocycles. The molecule has 0 aromatic rings. The summed E-state index contributed by atoms with van der Waals surface area (Å²) in [5, 5.41) is 148. The Kier molecular flexibility index (Phi) is 14.2. The number of esters is 1. The molecule has 8 aliphatic rings. The van der Waals surface area contributed by atoms with Crippen molar-refractivity contribution in [2.45, 2.75) is 200 Å². The molecule has 0 amide bonds. The van der Waals surface area contributed by atoms with Crippen LogP contribution in [-0.2, 0) is 42.7 Å². The first-order valence-corrected chi connectivity index (χ1v) is 23.3. The SMILES string of the molecule is [2H][13C]([2H])=C1C[C@@]23CC[C@H]4[C@@](C)(CCC[C@@]4(C)C(=O)O[C@@H]4O[C@H](CO)[C@@H](O)[C@H](O)[C@H]4O)[C@@H]2CC[C@]1(O[C@@H]1O[C@H](CO)[C@@H](O)[C@H](O[C@@H]2O[C@H](CO)[C@@H](O)[C@H](O)[C@H]2O)[C@H]1O[C@H]1O[C@@H](CO)[C@H](O)[C@@H](O)[C@@H]1O)C3. The number of aliphatic hydroxyl groups excluding tert-OH is 14. The van der Waals surface area contributed by atoms with E-state index in [4.69, 9.17) is 40.6 Å². The summed E-state index contributed by atoms with van der Waals surface area (Å²) in [6.45, 7) is 0.0930. The van der Waals surface area contributed by atoms with Gasteiger partial charge in [-0.05, 0) is 86.5 Å². The number of fused-ring (bicyclic) bond motifs is 3. The van der Waals surface area contributed by atoms with Gasteiger partial charge in [-0.1, -0.05) is 19.9 Å². The molecular formula is C44H70O23. The molecule has 23 heteroatoms. The lowest BCUT2D eigenvalue weighted by atomic mass is 9.41. The highest BCUT2D eigenvalue weighted by Crippen LogP contribution is 2.74. The molecule has 1 spiro atoms. The van der Waals surface area contributed by atoms with Gasteiger partial charge >= 0.3 is 5.97 Å². The summed E-state index contributed by atoms with van der Waals surface area (Å²) in [5.74, 6) is -1.09. The van der Waals surface area contributed by atoms with E-state index in [2.05, 4.69) is 6.92 Å². The van der Waals surface area contributed by atoms with Crippen molar-refractivity contribution in [3.05, 3.63) is 12.1 Å². The highest BCUT2D eigenvalue weighted by atomic mass is 16.8. The summed E-state index contributed by atoms with van der Waals surface area (Å²) in [6.07, 6.45) is -31.5. The van der Waals surface area contributed by atoms with Crippen molar-refractivity contribution in [3.63, 3.8) is 0 Å². The van der Waals surface area contributed by atoms with Gasteiger partial charge in [-0.25, -0.2) is 0 Å². The lowest BCUT2D eigenvalue weighted by molar-refractivity contribution is -0.400. The zero-order valence-corrected chi connectivity index (χ0v) is 37.3. The van der Waals surface area contributed by atoms with Gasteiger partial charge < -0.3 is 109 Å². The minimum Gasteiger partial charge on any atom is -0.432 e. The van der Waals surface area contributed by atoms with Gasteiger partial charge in [-0.3, -0.25) is 4.79 Å². The maximum absolute atomic E-state index is 14.3. The Balaban J connectivity index is 1.10. The molecule has 4 saturated heterocycles. The zero-order valence-electron chi connectivity index (χ0n) is 39.3. The largest absolute Gasteiger partial charge is 0.432 e. The normalized spacial score (nSPS) is 54.9. The number of carbonyl (C=O) groups is 1. The number of hydrogen-bond donors (Lipinski definition) is 14. The van der Waals surface area contributed by atoms with Crippen LogP contribution in [0.25, 0.3) is 0 Å². The minimum atomic E-state index is -2.01. The van der Waals surface area contributed by atoms with Gasteiger partial charge in [0, 0.05) is 0 Å². The number of aliphatic hydroxyl groups is 14. The maximum Gasteiger partial charge on any atom is 0.314 e. The van der Waals surface area contributed by atoms with E-state index < -0.39 is 184 Å². The van der Waals surface area contributed by atoms with Gasteiger partial charge in [0.2, 0.25) is 6.29 Å². The smallest absolute Gasteiger partial charge is 0.314 e. The average Bonchev–Trinajstić information content (AvgIpc) is 3.56. The molecule has 2 bridgehead atoms. The zero-order chi connectivity index (χ0) is 50.3. The van der Waals surface area contributed by atoms with Crippen molar-refractivity contribution >= 4 is 5.97 Å². The molecular weight excluding hydrogens is 897 g/mol. The Morgan fingerprint density at radius 2 is 1.07 bits per heavy atom. The Bertz CT molecular complexity index is 1850. The van der Waals surface area contributed by atoms with Gasteiger partial charge in [-0.2, -0.15) is 0 Å². The number of ether oxygens (including phenoxy) is 8. The van der Waals surface area contributed by atoms with E-state index in [1.54, 1.807) is 6.92 Å². The van der Waals surface area contributed by atoms with Crippen LogP contribution >= 0.6 is 0 Å². The van der Waals surface area contributed by atoms with Crippen LogP contribution in [0.2, 0.25) is 0 Å². The van der Waals surface area contributed by atoms with Crippen LogP contribution in [-0.4, -0.2) is 232 Å². The standard InChI is InChI=1S/C44H70O23/c1-17-11-43-9-5-22-41(2,7-4-8-42(22,3)40(59)66-38-33(58)30(55)26(51)20(14-47)62-38)23(43)6-10-44(17,16-43)67-39-35(65-37-32(57)29(54)25(50)19(13-46)61-37)34(27(52)21(15-48)63-39)64-36-31(56)28(53)24(49)18(12-45)60-36/h18-39,45-58H,1,4-16H2,2-3H3/t18-,19+,20-,21-,22+,23+,24-,25+,26-,27-,28+,29-,30+,31-,32+,33-,34+,35-,36+,37-,38+,39+,41-,42-,43-,44+/m1/s1/i1+1D2. The van der Waals surface area contributed by atoms with Crippen LogP contribution in [0, 0.1) is 28.1 Å². The Morgan fingerprint density at radius 1 is 0.597 bits per heavy atom. The summed E-state index contributed by atoms with van der Waals surface area (Å²) < 4.78 is 65.7. The van der Waals surface area contributed by atoms with Crippen molar-refractivity contribution in [2.24, 2.45) is 28.1 Å². The summed E-state index contributed by atoms with van der Waals surface area (Å²) in [4.78, 5) is 14.3. The van der Waals surface area contributed by atoms with Crippen LogP contribution in [0.5, 0.6) is 0 Å². The van der Waals surface area contributed by atoms with Crippen molar-refractivity contribution < 1.29 is 117 Å². The molecule has 0 unspecified atom stereocenters. The van der Waals surface area contributed by atoms with E-state index in [0.717, 1.165) is 0 Å². The first kappa shape index (κ1) is 49.0. The van der Waals surface area contributed by atoms with E-state index in [9.17, 15) is 76.3 Å². The molecule has 384 valence electrons. The van der Waals surface area contributed by atoms with Gasteiger partial charge in [0.15, 0.2) is 18.9 Å². The van der Waals surface area contributed by atoms with Crippen molar-refractivity contribution in [2.75, 3.05) is 26.4 Å². The highest BCUT2D eigenvalue weighted by Gasteiger charge is 2.70. The van der Waals surface area contributed by atoms with E-state index in [1.807, 2.05) is 0 Å². The molecule has 8 fully saturated rings. The highest BCUT2D eigenvalue weighted by molar-refractivity contribution is 5.77. The van der Waals surface area contributed by atoms with E-state index in [-0.39, 0.29) is 31.1 Å². The predicted molar refractivity (Wildman–Crippen MR) is 219 cm³/mol. The lowest BCUT2D eigenvalue weighted by Crippen LogP contribution is -2.68. The van der Waals surface area contributed by atoms with Crippen LogP contribution in [0.1, 0.15) is 74.4 Å². The number of rotatable bonds is 12. The third-order valence-electron chi connectivity index (χ3n) is 17.0. The topological polar surface area (TPSA) is 374 Å². The second-order valence-electron chi connectivity index (χ2n) is 20.7. The Labute approximate surface area is 389 Å². The third-order valence-corrected chi connectivity index (χ3v) is 17.0. The fourth-order valence-electron chi connectivity index (χ4n) is 13.4. The summed E-state index contributed by atoms with van der Waals surface area (Å²) in [5.41, 5.74) is -3.46. The quantitative estimate of drug-likeness (QED) is 0.0376. The van der Waals surface area contributed by atoms with Gasteiger partial charge in [-0.15, -0.1) is 0 Å². The molecule has 4 aliphatic heterocycles. The second-order valence-corrected chi connectivity index (χ2v) is 20.7. The first-order valence-electron chi connectivity index (χ1n) is 24.3.